The first-order chi connectivity index (χ1) is 12.1. The Labute approximate surface area is 155 Å². The zero-order valence-corrected chi connectivity index (χ0v) is 15.5. The van der Waals surface area contributed by atoms with Gasteiger partial charge in [-0.05, 0) is 64.2 Å². The van der Waals surface area contributed by atoms with Gasteiger partial charge in [-0.25, -0.2) is 4.68 Å². The van der Waals surface area contributed by atoms with Gasteiger partial charge in [-0.3, -0.25) is 4.79 Å². The third kappa shape index (κ3) is 3.00. The first-order valence-electron chi connectivity index (χ1n) is 8.35. The molecule has 0 aliphatic carbocycles. The van der Waals surface area contributed by atoms with Crippen LogP contribution in [0.2, 0.25) is 0 Å². The number of fused-ring (bicyclic) bond motifs is 1. The molecule has 25 heavy (non-hydrogen) atoms. The van der Waals surface area contributed by atoms with Crippen LogP contribution in [0.5, 0.6) is 0 Å². The fourth-order valence-electron chi connectivity index (χ4n) is 3.31. The number of carbonyl (C=O) groups excluding carboxylic acids is 1. The van der Waals surface area contributed by atoms with E-state index in [4.69, 9.17) is 0 Å². The minimum absolute atomic E-state index is 0.0487. The van der Waals surface area contributed by atoms with Gasteiger partial charge in [-0.2, -0.15) is 5.10 Å². The predicted molar refractivity (Wildman–Crippen MR) is 102 cm³/mol. The van der Waals surface area contributed by atoms with Crippen molar-refractivity contribution < 1.29 is 4.79 Å². The van der Waals surface area contributed by atoms with E-state index in [1.54, 1.807) is 10.9 Å². The van der Waals surface area contributed by atoms with Crippen molar-refractivity contribution in [1.29, 1.82) is 0 Å². The number of halogens is 1. The number of carbonyl (C=O) groups is 1. The Hall–Kier alpha value is -2.40. The average Bonchev–Trinajstić information content (AvgIpc) is 3.08. The minimum atomic E-state index is 0.0487. The van der Waals surface area contributed by atoms with Crippen LogP contribution in [0.1, 0.15) is 35.2 Å². The van der Waals surface area contributed by atoms with Crippen molar-refractivity contribution in [3.8, 4) is 5.69 Å². The average molecular weight is 396 g/mol. The van der Waals surface area contributed by atoms with E-state index in [1.165, 1.54) is 5.56 Å². The highest BCUT2D eigenvalue weighted by Gasteiger charge is 2.26. The maximum atomic E-state index is 13.0. The van der Waals surface area contributed by atoms with E-state index in [1.807, 2.05) is 53.6 Å². The summed E-state index contributed by atoms with van der Waals surface area (Å²) in [5, 5.41) is 4.26. The summed E-state index contributed by atoms with van der Waals surface area (Å²) in [6, 6.07) is 15.8. The second-order valence-corrected chi connectivity index (χ2v) is 7.27. The summed E-state index contributed by atoms with van der Waals surface area (Å²) in [4.78, 5) is 14.9. The molecule has 0 N–H and O–H groups in total. The smallest absolute Gasteiger partial charge is 0.258 e. The van der Waals surface area contributed by atoms with Crippen LogP contribution in [0.4, 0.5) is 5.69 Å². The molecule has 1 unspecified atom stereocenters. The van der Waals surface area contributed by atoms with Crippen molar-refractivity contribution in [1.82, 2.24) is 9.78 Å². The fourth-order valence-corrected chi connectivity index (χ4v) is 3.60. The van der Waals surface area contributed by atoms with Crippen molar-refractivity contribution in [3.05, 3.63) is 76.5 Å². The number of nitrogens with zero attached hydrogens (tertiary/aromatic N) is 3. The maximum Gasteiger partial charge on any atom is 0.258 e. The lowest BCUT2D eigenvalue weighted by atomic mass is 9.91. The molecular formula is C20H18BrN3O. The summed E-state index contributed by atoms with van der Waals surface area (Å²) < 4.78 is 2.70. The second kappa shape index (κ2) is 6.48. The van der Waals surface area contributed by atoms with Crippen LogP contribution in [-0.4, -0.2) is 22.2 Å². The van der Waals surface area contributed by atoms with E-state index in [-0.39, 0.29) is 5.91 Å². The molecule has 0 spiro atoms. The Balaban J connectivity index is 1.62. The molecule has 126 valence electrons. The predicted octanol–water partition coefficient (Wildman–Crippen LogP) is 4.79. The fraction of sp³-hybridized carbons (Fsp3) is 0.200. The topological polar surface area (TPSA) is 38.1 Å². The molecule has 0 bridgehead atoms. The summed E-state index contributed by atoms with van der Waals surface area (Å²) in [5.74, 6) is 0.536. The first kappa shape index (κ1) is 16.1. The Kier molecular flexibility index (Phi) is 4.17. The summed E-state index contributed by atoms with van der Waals surface area (Å²) in [6.07, 6.45) is 4.62. The van der Waals surface area contributed by atoms with Crippen LogP contribution in [0, 0.1) is 0 Å². The number of rotatable bonds is 2. The normalized spacial score (nSPS) is 16.6. The van der Waals surface area contributed by atoms with Crippen molar-refractivity contribution in [3.63, 3.8) is 0 Å². The summed E-state index contributed by atoms with van der Waals surface area (Å²) in [6.45, 7) is 2.97. The molecule has 0 fully saturated rings. The van der Waals surface area contributed by atoms with E-state index in [9.17, 15) is 4.79 Å². The van der Waals surface area contributed by atoms with Crippen LogP contribution in [0.3, 0.4) is 0 Å². The van der Waals surface area contributed by atoms with Gasteiger partial charge in [0.2, 0.25) is 0 Å². The molecule has 0 radical (unpaired) electrons. The van der Waals surface area contributed by atoms with Gasteiger partial charge in [0.25, 0.3) is 5.91 Å². The maximum absolute atomic E-state index is 13.0. The molecule has 2 aromatic carbocycles. The van der Waals surface area contributed by atoms with Crippen molar-refractivity contribution in [2.45, 2.75) is 19.3 Å². The third-order valence-corrected chi connectivity index (χ3v) is 5.13. The molecule has 1 amide bonds. The molecule has 1 aliphatic rings. The molecule has 5 heteroatoms. The van der Waals surface area contributed by atoms with Crippen molar-refractivity contribution in [2.24, 2.45) is 0 Å². The zero-order chi connectivity index (χ0) is 17.4. The van der Waals surface area contributed by atoms with Crippen molar-refractivity contribution in [2.75, 3.05) is 11.4 Å². The van der Waals surface area contributed by atoms with Gasteiger partial charge in [0.05, 0.1) is 16.4 Å². The van der Waals surface area contributed by atoms with E-state index in [0.717, 1.165) is 28.8 Å². The molecule has 0 saturated heterocycles. The molecule has 1 atom stereocenters. The molecule has 4 nitrogen and oxygen atoms in total. The van der Waals surface area contributed by atoms with E-state index >= 15 is 0 Å². The minimum Gasteiger partial charge on any atom is -0.308 e. The van der Waals surface area contributed by atoms with Gasteiger partial charge in [0.1, 0.15) is 0 Å². The van der Waals surface area contributed by atoms with E-state index in [0.29, 0.717) is 11.5 Å². The second-order valence-electron chi connectivity index (χ2n) is 6.36. The molecule has 4 rings (SSSR count). The van der Waals surface area contributed by atoms with Gasteiger partial charge >= 0.3 is 0 Å². The number of para-hydroxylation sites is 1. The number of hydrogen-bond acceptors (Lipinski definition) is 2. The Morgan fingerprint density at radius 3 is 2.64 bits per heavy atom. The number of hydrogen-bond donors (Lipinski definition) is 0. The van der Waals surface area contributed by atoms with Crippen LogP contribution >= 0.6 is 15.9 Å². The lowest BCUT2D eigenvalue weighted by Gasteiger charge is -2.33. The largest absolute Gasteiger partial charge is 0.308 e. The van der Waals surface area contributed by atoms with E-state index in [2.05, 4.69) is 34.0 Å². The lowest BCUT2D eigenvalue weighted by molar-refractivity contribution is 0.0984. The van der Waals surface area contributed by atoms with E-state index < -0.39 is 0 Å². The van der Waals surface area contributed by atoms with Gasteiger partial charge < -0.3 is 4.90 Å². The quantitative estimate of drug-likeness (QED) is 0.625. The van der Waals surface area contributed by atoms with Crippen LogP contribution < -0.4 is 4.90 Å². The van der Waals surface area contributed by atoms with Crippen LogP contribution in [-0.2, 0) is 0 Å². The summed E-state index contributed by atoms with van der Waals surface area (Å²) in [5.41, 5.74) is 3.90. The highest BCUT2D eigenvalue weighted by atomic mass is 79.9. The molecular weight excluding hydrogens is 378 g/mol. The SMILES string of the molecule is CC1CCN(C(=O)c2ccc(-n3cc(Br)cn3)cc2)c2ccccc21. The van der Waals surface area contributed by atoms with Gasteiger partial charge in [0.15, 0.2) is 0 Å². The first-order valence-corrected chi connectivity index (χ1v) is 9.14. The number of benzene rings is 2. The number of amides is 1. The third-order valence-electron chi connectivity index (χ3n) is 4.72. The van der Waals surface area contributed by atoms with Gasteiger partial charge in [-0.15, -0.1) is 0 Å². The van der Waals surface area contributed by atoms with Crippen LogP contribution in [0.25, 0.3) is 5.69 Å². The molecule has 1 aliphatic heterocycles. The highest BCUT2D eigenvalue weighted by Crippen LogP contribution is 2.35. The summed E-state index contributed by atoms with van der Waals surface area (Å²) in [7, 11) is 0. The Bertz CT molecular complexity index is 917. The highest BCUT2D eigenvalue weighted by molar-refractivity contribution is 9.10. The number of aromatic nitrogens is 2. The monoisotopic (exact) mass is 395 g/mol. The molecule has 3 aromatic rings. The van der Waals surface area contributed by atoms with Crippen LogP contribution in [0.15, 0.2) is 65.4 Å². The number of anilines is 1. The molecule has 2 heterocycles. The van der Waals surface area contributed by atoms with Crippen molar-refractivity contribution >= 4 is 27.5 Å². The molecule has 1 aromatic heterocycles. The van der Waals surface area contributed by atoms with Gasteiger partial charge in [0, 0.05) is 24.0 Å². The zero-order valence-electron chi connectivity index (χ0n) is 13.9. The molecule has 0 saturated carbocycles. The van der Waals surface area contributed by atoms with Gasteiger partial charge in [-0.1, -0.05) is 25.1 Å². The lowest BCUT2D eigenvalue weighted by Crippen LogP contribution is -2.36. The Morgan fingerprint density at radius 2 is 1.92 bits per heavy atom. The Morgan fingerprint density at radius 1 is 1.16 bits per heavy atom. The standard InChI is InChI=1S/C20H18BrN3O/c1-14-10-11-23(19-5-3-2-4-18(14)19)20(25)15-6-8-17(9-7-15)24-13-16(21)12-22-24/h2-9,12-14H,10-11H2,1H3. The summed E-state index contributed by atoms with van der Waals surface area (Å²) >= 11 is 3.40.